The summed E-state index contributed by atoms with van der Waals surface area (Å²) in [5.74, 6) is -1.54. The number of hydrogen-bond donors (Lipinski definition) is 6. The van der Waals surface area contributed by atoms with E-state index in [1.807, 2.05) is 37.3 Å². The van der Waals surface area contributed by atoms with Crippen LogP contribution in [0.5, 0.6) is 0 Å². The largest absolute Gasteiger partial charge is 0.423 e. The number of guanidine groups is 1. The van der Waals surface area contributed by atoms with Gasteiger partial charge in [-0.2, -0.15) is 0 Å². The second-order valence-corrected chi connectivity index (χ2v) is 10.4. The van der Waals surface area contributed by atoms with Crippen LogP contribution in [0.2, 0.25) is 0 Å². The number of nitrogens with one attached hydrogen (secondary N) is 4. The number of fused-ring (bicyclic) bond motifs is 1. The number of aryl methyl sites for hydroxylation is 1. The van der Waals surface area contributed by atoms with Crippen LogP contribution in [0.15, 0.2) is 68.8 Å². The Morgan fingerprint density at radius 1 is 1.07 bits per heavy atom. The lowest BCUT2D eigenvalue weighted by Gasteiger charge is -2.23. The number of rotatable bonds is 12. The van der Waals surface area contributed by atoms with Gasteiger partial charge < -0.3 is 31.8 Å². The molecule has 3 aromatic rings. The van der Waals surface area contributed by atoms with Crippen molar-refractivity contribution in [2.24, 2.45) is 16.5 Å². The Labute approximate surface area is 243 Å². The van der Waals surface area contributed by atoms with Crippen molar-refractivity contribution < 1.29 is 18.8 Å². The van der Waals surface area contributed by atoms with Crippen LogP contribution in [-0.2, 0) is 20.8 Å². The third-order valence-electron chi connectivity index (χ3n) is 7.09. The van der Waals surface area contributed by atoms with Crippen LogP contribution in [0.3, 0.4) is 0 Å². The number of hydrogen-bond acceptors (Lipinski definition) is 8. The number of aliphatic imine (C=N–C) groups is 1. The van der Waals surface area contributed by atoms with Gasteiger partial charge in [-0.05, 0) is 62.4 Å². The van der Waals surface area contributed by atoms with E-state index in [2.05, 4.69) is 26.3 Å². The number of nitrogens with two attached hydrogens (primary N) is 2. The third kappa shape index (κ3) is 8.40. The average Bonchev–Trinajstić information content (AvgIpc) is 3.50. The first-order chi connectivity index (χ1) is 20.2. The standard InChI is InChI=1S/C30H37N7O5/c1-18-15-26(38)42-25-17-20(11-12-21(18)25)35-23(10-6-14-34-30(31)32)28(40)37-29(41)24(16-19-7-3-2-4-8-19)36-27(39)22-9-5-13-33-22/h2-4,7-8,11-12,15,17,22-24,33,35H,5-6,9-10,13-14,16H2,1H3,(H,36,39)(H4,31,32,34)(H,37,40,41). The molecule has 0 saturated carbocycles. The smallest absolute Gasteiger partial charge is 0.336 e. The molecule has 12 heteroatoms. The van der Waals surface area contributed by atoms with Gasteiger partial charge in [-0.1, -0.05) is 30.3 Å². The molecule has 3 unspecified atom stereocenters. The highest BCUT2D eigenvalue weighted by atomic mass is 16.4. The summed E-state index contributed by atoms with van der Waals surface area (Å²) in [6.07, 6.45) is 2.49. The highest BCUT2D eigenvalue weighted by molar-refractivity contribution is 6.02. The van der Waals surface area contributed by atoms with Crippen molar-refractivity contribution in [2.45, 2.75) is 57.2 Å². The molecule has 3 atom stereocenters. The molecule has 3 amide bonds. The normalized spacial score (nSPS) is 15.9. The topological polar surface area (TPSA) is 194 Å². The molecule has 0 spiro atoms. The highest BCUT2D eigenvalue weighted by Gasteiger charge is 2.30. The van der Waals surface area contributed by atoms with Crippen molar-refractivity contribution in [2.75, 3.05) is 18.4 Å². The number of nitrogens with zero attached hydrogens (tertiary/aromatic N) is 1. The molecule has 1 aliphatic rings. The van der Waals surface area contributed by atoms with Crippen LogP contribution in [0.4, 0.5) is 5.69 Å². The zero-order valence-corrected chi connectivity index (χ0v) is 23.5. The summed E-state index contributed by atoms with van der Waals surface area (Å²) in [5, 5.41) is 12.3. The summed E-state index contributed by atoms with van der Waals surface area (Å²) in [4.78, 5) is 55.7. The van der Waals surface area contributed by atoms with Gasteiger partial charge in [-0.25, -0.2) is 4.79 Å². The molecule has 0 aliphatic carbocycles. The Balaban J connectivity index is 1.52. The Morgan fingerprint density at radius 3 is 2.55 bits per heavy atom. The molecular formula is C30H37N7O5. The zero-order chi connectivity index (χ0) is 30.1. The van der Waals surface area contributed by atoms with Crippen molar-refractivity contribution in [1.82, 2.24) is 16.0 Å². The van der Waals surface area contributed by atoms with Gasteiger partial charge in [0.1, 0.15) is 17.7 Å². The molecule has 2 heterocycles. The van der Waals surface area contributed by atoms with E-state index in [-0.39, 0.29) is 37.3 Å². The van der Waals surface area contributed by atoms with Gasteiger partial charge in [-0.3, -0.25) is 24.7 Å². The first kappa shape index (κ1) is 30.3. The maximum absolute atomic E-state index is 13.5. The quantitative estimate of drug-likeness (QED) is 0.0792. The van der Waals surface area contributed by atoms with Crippen molar-refractivity contribution in [3.63, 3.8) is 0 Å². The summed E-state index contributed by atoms with van der Waals surface area (Å²) < 4.78 is 5.34. The monoisotopic (exact) mass is 575 g/mol. The van der Waals surface area contributed by atoms with Crippen LogP contribution in [0, 0.1) is 6.92 Å². The SMILES string of the molecule is Cc1cc(=O)oc2cc(NC(CCCN=C(N)N)C(=O)NC(=O)C(Cc3ccccc3)NC(=O)C3CCCN3)ccc12. The van der Waals surface area contributed by atoms with Gasteiger partial charge >= 0.3 is 5.63 Å². The van der Waals surface area contributed by atoms with Crippen LogP contribution in [-0.4, -0.2) is 54.9 Å². The number of carbonyl (C=O) groups excluding carboxylic acids is 3. The van der Waals surface area contributed by atoms with E-state index < -0.39 is 29.5 Å². The summed E-state index contributed by atoms with van der Waals surface area (Å²) in [7, 11) is 0. The fourth-order valence-corrected chi connectivity index (χ4v) is 4.92. The summed E-state index contributed by atoms with van der Waals surface area (Å²) in [6.45, 7) is 2.83. The van der Waals surface area contributed by atoms with E-state index in [1.54, 1.807) is 18.2 Å². The molecule has 1 aliphatic heterocycles. The first-order valence-electron chi connectivity index (χ1n) is 14.0. The van der Waals surface area contributed by atoms with E-state index in [4.69, 9.17) is 15.9 Å². The second kappa shape index (κ2) is 14.3. The zero-order valence-electron chi connectivity index (χ0n) is 23.5. The van der Waals surface area contributed by atoms with Crippen LogP contribution < -0.4 is 38.4 Å². The van der Waals surface area contributed by atoms with Gasteiger partial charge in [0.05, 0.1) is 6.04 Å². The average molecular weight is 576 g/mol. The lowest BCUT2D eigenvalue weighted by atomic mass is 10.0. The Kier molecular flexibility index (Phi) is 10.3. The number of amides is 3. The van der Waals surface area contributed by atoms with Crippen LogP contribution >= 0.6 is 0 Å². The number of carbonyl (C=O) groups is 3. The number of imide groups is 1. The minimum absolute atomic E-state index is 0.0599. The highest BCUT2D eigenvalue weighted by Crippen LogP contribution is 2.22. The minimum atomic E-state index is -0.966. The molecule has 4 rings (SSSR count). The fraction of sp³-hybridized carbons (Fsp3) is 0.367. The first-order valence-corrected chi connectivity index (χ1v) is 14.0. The van der Waals surface area contributed by atoms with Gasteiger partial charge in [0, 0.05) is 36.2 Å². The van der Waals surface area contributed by atoms with Gasteiger partial charge in [0.15, 0.2) is 5.96 Å². The second-order valence-electron chi connectivity index (χ2n) is 10.4. The van der Waals surface area contributed by atoms with Crippen LogP contribution in [0.1, 0.15) is 36.8 Å². The van der Waals surface area contributed by atoms with Crippen molar-refractivity contribution in [1.29, 1.82) is 0 Å². The molecule has 1 fully saturated rings. The van der Waals surface area contributed by atoms with E-state index in [1.165, 1.54) is 6.07 Å². The summed E-state index contributed by atoms with van der Waals surface area (Å²) in [5.41, 5.74) is 12.9. The summed E-state index contributed by atoms with van der Waals surface area (Å²) >= 11 is 0. The Morgan fingerprint density at radius 2 is 1.83 bits per heavy atom. The van der Waals surface area contributed by atoms with Crippen LogP contribution in [0.25, 0.3) is 11.0 Å². The Bertz CT molecular complexity index is 1490. The van der Waals surface area contributed by atoms with Crippen molar-refractivity contribution in [3.8, 4) is 0 Å². The third-order valence-corrected chi connectivity index (χ3v) is 7.09. The van der Waals surface area contributed by atoms with Gasteiger partial charge in [-0.15, -0.1) is 0 Å². The van der Waals surface area contributed by atoms with Gasteiger partial charge in [0.25, 0.3) is 0 Å². The molecule has 8 N–H and O–H groups in total. The van der Waals surface area contributed by atoms with Gasteiger partial charge in [0.2, 0.25) is 17.7 Å². The maximum atomic E-state index is 13.5. The minimum Gasteiger partial charge on any atom is -0.423 e. The molecule has 2 aromatic carbocycles. The predicted molar refractivity (Wildman–Crippen MR) is 161 cm³/mol. The molecule has 0 radical (unpaired) electrons. The molecule has 222 valence electrons. The predicted octanol–water partition coefficient (Wildman–Crippen LogP) is 1.06. The Hall–Kier alpha value is -4.71. The van der Waals surface area contributed by atoms with E-state index >= 15 is 0 Å². The van der Waals surface area contributed by atoms with Crippen molar-refractivity contribution >= 4 is 40.3 Å². The van der Waals surface area contributed by atoms with E-state index in [0.29, 0.717) is 24.1 Å². The molecule has 12 nitrogen and oxygen atoms in total. The summed E-state index contributed by atoms with van der Waals surface area (Å²) in [6, 6.07) is 13.7. The molecular weight excluding hydrogens is 538 g/mol. The molecule has 42 heavy (non-hydrogen) atoms. The number of anilines is 1. The van der Waals surface area contributed by atoms with E-state index in [9.17, 15) is 19.2 Å². The van der Waals surface area contributed by atoms with Crippen molar-refractivity contribution in [3.05, 3.63) is 76.1 Å². The molecule has 1 aromatic heterocycles. The fourth-order valence-electron chi connectivity index (χ4n) is 4.92. The van der Waals surface area contributed by atoms with E-state index in [0.717, 1.165) is 29.5 Å². The lowest BCUT2D eigenvalue weighted by molar-refractivity contribution is -0.135. The number of benzene rings is 2. The maximum Gasteiger partial charge on any atom is 0.336 e. The molecule has 1 saturated heterocycles. The lowest BCUT2D eigenvalue weighted by Crippen LogP contribution is -2.55. The molecule has 0 bridgehead atoms.